The normalized spacial score (nSPS) is 10.7. The molecule has 128 valence electrons. The molecule has 1 amide bonds. The van der Waals surface area contributed by atoms with Crippen LogP contribution in [0.25, 0.3) is 0 Å². The minimum Gasteiger partial charge on any atom is -0.298 e. The molecule has 8 heteroatoms. The molecule has 0 saturated carbocycles. The first kappa shape index (κ1) is 18.3. The van der Waals surface area contributed by atoms with Crippen LogP contribution in [0, 0.1) is 6.92 Å². The van der Waals surface area contributed by atoms with Gasteiger partial charge in [0.1, 0.15) is 5.15 Å². The zero-order valence-corrected chi connectivity index (χ0v) is 16.9. The number of thiazole rings is 1. The molecule has 0 aliphatic heterocycles. The Morgan fingerprint density at radius 2 is 2.08 bits per heavy atom. The summed E-state index contributed by atoms with van der Waals surface area (Å²) in [6, 6.07) is 7.55. The first-order valence-corrected chi connectivity index (χ1v) is 9.61. The number of carbonyl (C=O) groups is 1. The highest BCUT2D eigenvalue weighted by Gasteiger charge is 2.14. The van der Waals surface area contributed by atoms with Crippen molar-refractivity contribution in [2.45, 2.75) is 13.3 Å². The number of pyridine rings is 1. The maximum atomic E-state index is 12.3. The zero-order chi connectivity index (χ0) is 18.0. The number of nitrogens with zero attached hydrogens (tertiary/aromatic N) is 2. The molecule has 1 N–H and O–H groups in total. The molecule has 3 aromatic rings. The Hall–Kier alpha value is -1.47. The van der Waals surface area contributed by atoms with Gasteiger partial charge in [-0.2, -0.15) is 0 Å². The molecule has 1 aromatic carbocycles. The lowest BCUT2D eigenvalue weighted by Crippen LogP contribution is -2.12. The molecule has 3 rings (SSSR count). The lowest BCUT2D eigenvalue weighted by atomic mass is 10.1. The smallest absolute Gasteiger partial charge is 0.260 e. The molecule has 2 heterocycles. The highest BCUT2D eigenvalue weighted by Crippen LogP contribution is 2.27. The Bertz CT molecular complexity index is 945. The van der Waals surface area contributed by atoms with Crippen LogP contribution in [0.3, 0.4) is 0 Å². The SMILES string of the molecule is Cc1cccc(Cc2cnc(NC(=O)c3cc(Br)cnc3Cl)s2)c1Cl. The number of nitrogens with one attached hydrogen (secondary N) is 1. The number of aryl methyl sites for hydroxylation is 1. The highest BCUT2D eigenvalue weighted by molar-refractivity contribution is 9.10. The van der Waals surface area contributed by atoms with Crippen molar-refractivity contribution in [1.82, 2.24) is 9.97 Å². The van der Waals surface area contributed by atoms with Gasteiger partial charge in [0.25, 0.3) is 5.91 Å². The Morgan fingerprint density at radius 1 is 1.28 bits per heavy atom. The summed E-state index contributed by atoms with van der Waals surface area (Å²) in [5, 5.41) is 4.15. The van der Waals surface area contributed by atoms with Gasteiger partial charge in [-0.3, -0.25) is 10.1 Å². The molecule has 0 aliphatic carbocycles. The topological polar surface area (TPSA) is 54.9 Å². The van der Waals surface area contributed by atoms with E-state index in [2.05, 4.69) is 31.2 Å². The predicted molar refractivity (Wildman–Crippen MR) is 106 cm³/mol. The third-order valence-corrected chi connectivity index (χ3v) is 5.65. The van der Waals surface area contributed by atoms with E-state index in [-0.39, 0.29) is 16.6 Å². The summed E-state index contributed by atoms with van der Waals surface area (Å²) in [5.41, 5.74) is 2.35. The Morgan fingerprint density at radius 3 is 2.88 bits per heavy atom. The van der Waals surface area contributed by atoms with Gasteiger partial charge in [-0.15, -0.1) is 11.3 Å². The number of rotatable bonds is 4. The Labute approximate surface area is 167 Å². The fourth-order valence-electron chi connectivity index (χ4n) is 2.23. The minimum absolute atomic E-state index is 0.143. The number of carbonyl (C=O) groups excluding carboxylic acids is 1. The van der Waals surface area contributed by atoms with Crippen molar-refractivity contribution in [2.24, 2.45) is 0 Å². The predicted octanol–water partition coefficient (Wildman–Crippen LogP) is 5.76. The molecule has 0 spiro atoms. The van der Waals surface area contributed by atoms with Gasteiger partial charge in [0.05, 0.1) is 5.56 Å². The van der Waals surface area contributed by atoms with Crippen molar-refractivity contribution < 1.29 is 4.79 Å². The minimum atomic E-state index is -0.353. The van der Waals surface area contributed by atoms with Crippen molar-refractivity contribution in [3.05, 3.63) is 72.9 Å². The molecule has 0 unspecified atom stereocenters. The molecule has 25 heavy (non-hydrogen) atoms. The van der Waals surface area contributed by atoms with Crippen LogP contribution in [0.2, 0.25) is 10.2 Å². The van der Waals surface area contributed by atoms with Crippen molar-refractivity contribution in [1.29, 1.82) is 0 Å². The van der Waals surface area contributed by atoms with E-state index in [4.69, 9.17) is 23.2 Å². The van der Waals surface area contributed by atoms with E-state index in [0.717, 1.165) is 21.0 Å². The molecule has 0 bridgehead atoms. The molecule has 0 aliphatic rings. The molecular formula is C17H12BrCl2N3OS. The van der Waals surface area contributed by atoms with Crippen LogP contribution in [0.5, 0.6) is 0 Å². The number of benzene rings is 1. The van der Waals surface area contributed by atoms with E-state index in [9.17, 15) is 4.79 Å². The molecule has 0 saturated heterocycles. The number of halogens is 3. The molecule has 0 radical (unpaired) electrons. The van der Waals surface area contributed by atoms with E-state index in [1.54, 1.807) is 12.3 Å². The van der Waals surface area contributed by atoms with Crippen molar-refractivity contribution in [3.63, 3.8) is 0 Å². The fourth-order valence-corrected chi connectivity index (χ4v) is 3.77. The third kappa shape index (κ3) is 4.39. The van der Waals surface area contributed by atoms with E-state index in [0.29, 0.717) is 16.0 Å². The van der Waals surface area contributed by atoms with E-state index in [1.807, 2.05) is 25.1 Å². The van der Waals surface area contributed by atoms with Gasteiger partial charge < -0.3 is 0 Å². The average Bonchev–Trinajstić information content (AvgIpc) is 3.01. The van der Waals surface area contributed by atoms with Gasteiger partial charge in [0.15, 0.2) is 5.13 Å². The van der Waals surface area contributed by atoms with Gasteiger partial charge in [-0.1, -0.05) is 41.4 Å². The van der Waals surface area contributed by atoms with Crippen LogP contribution >= 0.6 is 50.5 Å². The Kier molecular flexibility index (Phi) is 5.74. The largest absolute Gasteiger partial charge is 0.298 e. The second-order valence-electron chi connectivity index (χ2n) is 5.30. The summed E-state index contributed by atoms with van der Waals surface area (Å²) >= 11 is 17.0. The number of aromatic nitrogens is 2. The first-order valence-electron chi connectivity index (χ1n) is 7.25. The standard InChI is InChI=1S/C17H12BrCl2N3OS/c1-9-3-2-4-10(14(9)19)5-12-8-22-17(25-12)23-16(24)13-6-11(18)7-21-15(13)20/h2-4,6-8H,5H2,1H3,(H,22,23,24). The van der Waals surface area contributed by atoms with Gasteiger partial charge >= 0.3 is 0 Å². The van der Waals surface area contributed by atoms with Crippen LogP contribution in [0.15, 0.2) is 41.1 Å². The van der Waals surface area contributed by atoms with E-state index >= 15 is 0 Å². The second kappa shape index (κ2) is 7.83. The highest BCUT2D eigenvalue weighted by atomic mass is 79.9. The second-order valence-corrected chi connectivity index (χ2v) is 8.07. The summed E-state index contributed by atoms with van der Waals surface area (Å²) in [6.07, 6.45) is 3.93. The maximum absolute atomic E-state index is 12.3. The van der Waals surface area contributed by atoms with Crippen molar-refractivity contribution in [3.8, 4) is 0 Å². The molecule has 0 fully saturated rings. The van der Waals surface area contributed by atoms with Crippen LogP contribution < -0.4 is 5.32 Å². The van der Waals surface area contributed by atoms with Gasteiger partial charge in [0, 0.05) is 33.2 Å². The van der Waals surface area contributed by atoms with Crippen molar-refractivity contribution >= 4 is 61.5 Å². The average molecular weight is 457 g/mol. The quantitative estimate of drug-likeness (QED) is 0.507. The lowest BCUT2D eigenvalue weighted by molar-refractivity contribution is 0.102. The summed E-state index contributed by atoms with van der Waals surface area (Å²) in [6.45, 7) is 1.97. The van der Waals surface area contributed by atoms with E-state index < -0.39 is 0 Å². The van der Waals surface area contributed by atoms with E-state index in [1.165, 1.54) is 17.5 Å². The number of amides is 1. The Balaban J connectivity index is 1.74. The first-order chi connectivity index (χ1) is 11.9. The van der Waals surface area contributed by atoms with Gasteiger partial charge in [0.2, 0.25) is 0 Å². The maximum Gasteiger partial charge on any atom is 0.260 e. The van der Waals surface area contributed by atoms with Gasteiger partial charge in [-0.05, 0) is 40.0 Å². The van der Waals surface area contributed by atoms with Crippen LogP contribution in [-0.4, -0.2) is 15.9 Å². The zero-order valence-electron chi connectivity index (χ0n) is 13.0. The van der Waals surface area contributed by atoms with Crippen molar-refractivity contribution in [2.75, 3.05) is 5.32 Å². The summed E-state index contributed by atoms with van der Waals surface area (Å²) in [7, 11) is 0. The molecule has 2 aromatic heterocycles. The number of hydrogen-bond acceptors (Lipinski definition) is 4. The lowest BCUT2D eigenvalue weighted by Gasteiger charge is -2.05. The molecule has 4 nitrogen and oxygen atoms in total. The van der Waals surface area contributed by atoms with Gasteiger partial charge in [-0.25, -0.2) is 9.97 Å². The summed E-state index contributed by atoms with van der Waals surface area (Å²) in [4.78, 5) is 21.5. The molecule has 0 atom stereocenters. The third-order valence-electron chi connectivity index (χ3n) is 3.46. The van der Waals surface area contributed by atoms with Crippen LogP contribution in [-0.2, 0) is 6.42 Å². The summed E-state index contributed by atoms with van der Waals surface area (Å²) in [5.74, 6) is -0.353. The number of anilines is 1. The molecular weight excluding hydrogens is 445 g/mol. The number of hydrogen-bond donors (Lipinski definition) is 1. The van der Waals surface area contributed by atoms with Crippen LogP contribution in [0.1, 0.15) is 26.4 Å². The van der Waals surface area contributed by atoms with Crippen LogP contribution in [0.4, 0.5) is 5.13 Å². The fraction of sp³-hybridized carbons (Fsp3) is 0.118. The monoisotopic (exact) mass is 455 g/mol. The summed E-state index contributed by atoms with van der Waals surface area (Å²) < 4.78 is 0.677.